The van der Waals surface area contributed by atoms with Gasteiger partial charge in [0.1, 0.15) is 0 Å². The molecule has 5 heteroatoms. The SMILES string of the molecule is O=C(O)CCNC(=O)N1CC2(CCCCC2)C1c1ccccc1. The number of carboxylic acid groups (broad SMARTS) is 1. The summed E-state index contributed by atoms with van der Waals surface area (Å²) >= 11 is 0. The molecule has 2 amide bonds. The summed E-state index contributed by atoms with van der Waals surface area (Å²) in [6.45, 7) is 0.963. The maximum absolute atomic E-state index is 12.4. The number of amides is 2. The van der Waals surface area contributed by atoms with E-state index in [-0.39, 0.29) is 30.5 Å². The van der Waals surface area contributed by atoms with Gasteiger partial charge in [-0.3, -0.25) is 4.79 Å². The van der Waals surface area contributed by atoms with E-state index in [1.807, 2.05) is 23.1 Å². The minimum absolute atomic E-state index is 0.0409. The van der Waals surface area contributed by atoms with Gasteiger partial charge in [-0.25, -0.2) is 4.79 Å². The summed E-state index contributed by atoms with van der Waals surface area (Å²) in [5.74, 6) is -0.891. The molecule has 23 heavy (non-hydrogen) atoms. The molecule has 1 saturated heterocycles. The predicted molar refractivity (Wildman–Crippen MR) is 87.1 cm³/mol. The average Bonchev–Trinajstić information content (AvgIpc) is 2.54. The van der Waals surface area contributed by atoms with Gasteiger partial charge in [-0.2, -0.15) is 0 Å². The summed E-state index contributed by atoms with van der Waals surface area (Å²) in [4.78, 5) is 24.9. The molecule has 5 nitrogen and oxygen atoms in total. The third kappa shape index (κ3) is 3.19. The predicted octanol–water partition coefficient (Wildman–Crippen LogP) is 3.18. The fourth-order valence-electron chi connectivity index (χ4n) is 4.16. The summed E-state index contributed by atoms with van der Waals surface area (Å²) in [7, 11) is 0. The average molecular weight is 316 g/mol. The van der Waals surface area contributed by atoms with Gasteiger partial charge in [0.25, 0.3) is 0 Å². The number of nitrogens with one attached hydrogen (secondary N) is 1. The van der Waals surface area contributed by atoms with Crippen molar-refractivity contribution >= 4 is 12.0 Å². The molecule has 1 aliphatic carbocycles. The van der Waals surface area contributed by atoms with Gasteiger partial charge in [0.15, 0.2) is 0 Å². The fraction of sp³-hybridized carbons (Fsp3) is 0.556. The number of likely N-dealkylation sites (tertiary alicyclic amines) is 1. The second-order valence-electron chi connectivity index (χ2n) is 6.74. The van der Waals surface area contributed by atoms with Gasteiger partial charge in [0.2, 0.25) is 0 Å². The minimum Gasteiger partial charge on any atom is -0.481 e. The maximum Gasteiger partial charge on any atom is 0.317 e. The van der Waals surface area contributed by atoms with E-state index >= 15 is 0 Å². The Balaban J connectivity index is 1.73. The summed E-state index contributed by atoms with van der Waals surface area (Å²) in [5, 5.41) is 11.4. The highest BCUT2D eigenvalue weighted by Gasteiger charge is 2.54. The van der Waals surface area contributed by atoms with Crippen molar-refractivity contribution in [3.8, 4) is 0 Å². The van der Waals surface area contributed by atoms with E-state index in [4.69, 9.17) is 5.11 Å². The number of rotatable bonds is 4. The molecule has 1 saturated carbocycles. The molecule has 1 unspecified atom stereocenters. The Morgan fingerprint density at radius 3 is 2.52 bits per heavy atom. The first-order valence-corrected chi connectivity index (χ1v) is 8.44. The van der Waals surface area contributed by atoms with Crippen molar-refractivity contribution in [3.63, 3.8) is 0 Å². The third-order valence-corrected chi connectivity index (χ3v) is 5.22. The largest absolute Gasteiger partial charge is 0.481 e. The Morgan fingerprint density at radius 1 is 1.17 bits per heavy atom. The van der Waals surface area contributed by atoms with E-state index in [9.17, 15) is 9.59 Å². The zero-order chi connectivity index (χ0) is 16.3. The molecule has 1 aromatic carbocycles. The minimum atomic E-state index is -0.891. The molecule has 0 aromatic heterocycles. The number of carbonyl (C=O) groups is 2. The summed E-state index contributed by atoms with van der Waals surface area (Å²) in [5.41, 5.74) is 1.40. The number of carbonyl (C=O) groups excluding carboxylic acids is 1. The molecule has 0 bridgehead atoms. The van der Waals surface area contributed by atoms with E-state index < -0.39 is 5.97 Å². The van der Waals surface area contributed by atoms with Crippen molar-refractivity contribution in [2.24, 2.45) is 5.41 Å². The second-order valence-corrected chi connectivity index (χ2v) is 6.74. The number of nitrogens with zero attached hydrogens (tertiary/aromatic N) is 1. The molecule has 1 aliphatic heterocycles. The number of hydrogen-bond acceptors (Lipinski definition) is 2. The first-order chi connectivity index (χ1) is 11.1. The topological polar surface area (TPSA) is 69.6 Å². The lowest BCUT2D eigenvalue weighted by molar-refractivity contribution is -0.136. The number of urea groups is 1. The number of carboxylic acids is 1. The van der Waals surface area contributed by atoms with E-state index in [1.54, 1.807) is 0 Å². The molecular weight excluding hydrogens is 292 g/mol. The first kappa shape index (κ1) is 15.8. The summed E-state index contributed by atoms with van der Waals surface area (Å²) in [6, 6.07) is 10.2. The number of benzene rings is 1. The van der Waals surface area contributed by atoms with Gasteiger partial charge in [-0.05, 0) is 18.4 Å². The molecule has 1 atom stereocenters. The molecular formula is C18H24N2O3. The molecule has 3 rings (SSSR count). The molecule has 1 aromatic rings. The van der Waals surface area contributed by atoms with Crippen molar-refractivity contribution in [3.05, 3.63) is 35.9 Å². The van der Waals surface area contributed by atoms with Crippen LogP contribution in [0, 0.1) is 5.41 Å². The van der Waals surface area contributed by atoms with Gasteiger partial charge in [-0.1, -0.05) is 49.6 Å². The summed E-state index contributed by atoms with van der Waals surface area (Å²) in [6.07, 6.45) is 6.06. The van der Waals surface area contributed by atoms with Crippen LogP contribution in [0.1, 0.15) is 50.1 Å². The fourth-order valence-corrected chi connectivity index (χ4v) is 4.16. The van der Waals surface area contributed by atoms with Gasteiger partial charge in [-0.15, -0.1) is 0 Å². The van der Waals surface area contributed by atoms with E-state index in [1.165, 1.54) is 37.7 Å². The molecule has 0 radical (unpaired) electrons. The van der Waals surface area contributed by atoms with E-state index in [0.717, 1.165) is 6.54 Å². The normalized spacial score (nSPS) is 22.4. The monoisotopic (exact) mass is 316 g/mol. The summed E-state index contributed by atoms with van der Waals surface area (Å²) < 4.78 is 0. The van der Waals surface area contributed by atoms with Crippen LogP contribution < -0.4 is 5.32 Å². The van der Waals surface area contributed by atoms with Gasteiger partial charge >= 0.3 is 12.0 Å². The van der Waals surface area contributed by atoms with Crippen LogP contribution in [0.25, 0.3) is 0 Å². The van der Waals surface area contributed by atoms with Crippen LogP contribution in [0.2, 0.25) is 0 Å². The van der Waals surface area contributed by atoms with E-state index in [0.29, 0.717) is 0 Å². The number of hydrogen-bond donors (Lipinski definition) is 2. The smallest absolute Gasteiger partial charge is 0.317 e. The van der Waals surface area contributed by atoms with Crippen molar-refractivity contribution in [1.29, 1.82) is 0 Å². The zero-order valence-electron chi connectivity index (χ0n) is 13.3. The lowest BCUT2D eigenvalue weighted by Gasteiger charge is -2.59. The standard InChI is InChI=1S/C18H24N2O3/c21-15(22)9-12-19-17(23)20-13-18(10-5-2-6-11-18)16(20)14-7-3-1-4-8-14/h1,3-4,7-8,16H,2,5-6,9-13H2,(H,19,23)(H,21,22). The van der Waals surface area contributed by atoms with Crippen molar-refractivity contribution in [1.82, 2.24) is 10.2 Å². The molecule has 2 aliphatic rings. The van der Waals surface area contributed by atoms with Crippen LogP contribution in [-0.2, 0) is 4.79 Å². The maximum atomic E-state index is 12.4. The van der Waals surface area contributed by atoms with Crippen molar-refractivity contribution in [2.45, 2.75) is 44.6 Å². The van der Waals surface area contributed by atoms with Crippen LogP contribution in [0.4, 0.5) is 4.79 Å². The second kappa shape index (κ2) is 6.60. The van der Waals surface area contributed by atoms with Gasteiger partial charge < -0.3 is 15.3 Å². The first-order valence-electron chi connectivity index (χ1n) is 8.44. The Labute approximate surface area is 136 Å². The highest BCUT2D eigenvalue weighted by atomic mass is 16.4. The van der Waals surface area contributed by atoms with E-state index in [2.05, 4.69) is 17.4 Å². The zero-order valence-corrected chi connectivity index (χ0v) is 13.3. The van der Waals surface area contributed by atoms with Crippen LogP contribution >= 0.6 is 0 Å². The highest BCUT2D eigenvalue weighted by molar-refractivity contribution is 5.77. The molecule has 1 spiro atoms. The highest BCUT2D eigenvalue weighted by Crippen LogP contribution is 2.56. The van der Waals surface area contributed by atoms with Crippen molar-refractivity contribution in [2.75, 3.05) is 13.1 Å². The van der Waals surface area contributed by atoms with Crippen LogP contribution in [0.3, 0.4) is 0 Å². The van der Waals surface area contributed by atoms with Crippen molar-refractivity contribution < 1.29 is 14.7 Å². The third-order valence-electron chi connectivity index (χ3n) is 5.22. The van der Waals surface area contributed by atoms with Crippen LogP contribution in [0.15, 0.2) is 30.3 Å². The van der Waals surface area contributed by atoms with Crippen LogP contribution in [-0.4, -0.2) is 35.1 Å². The van der Waals surface area contributed by atoms with Crippen LogP contribution in [0.5, 0.6) is 0 Å². The van der Waals surface area contributed by atoms with Gasteiger partial charge in [0, 0.05) is 18.5 Å². The number of aliphatic carboxylic acids is 1. The Bertz CT molecular complexity index is 567. The lowest BCUT2D eigenvalue weighted by Crippen LogP contribution is -2.63. The Kier molecular flexibility index (Phi) is 4.55. The lowest BCUT2D eigenvalue weighted by atomic mass is 9.61. The molecule has 2 N–H and O–H groups in total. The quantitative estimate of drug-likeness (QED) is 0.896. The Hall–Kier alpha value is -2.04. The molecule has 124 valence electrons. The Morgan fingerprint density at radius 2 is 1.87 bits per heavy atom. The molecule has 1 heterocycles. The van der Waals surface area contributed by atoms with Gasteiger partial charge in [0.05, 0.1) is 12.5 Å². The molecule has 2 fully saturated rings.